The van der Waals surface area contributed by atoms with Crippen LogP contribution in [0, 0.1) is 25.2 Å². The summed E-state index contributed by atoms with van der Waals surface area (Å²) in [6, 6.07) is 12.4. The molecule has 0 bridgehead atoms. The molecule has 0 aliphatic rings. The predicted octanol–water partition coefficient (Wildman–Crippen LogP) is 4.18. The molecule has 24 heavy (non-hydrogen) atoms. The summed E-state index contributed by atoms with van der Waals surface area (Å²) in [4.78, 5) is 0. The molecule has 126 valence electrons. The van der Waals surface area contributed by atoms with Gasteiger partial charge in [-0.25, -0.2) is 0 Å². The Kier molecular flexibility index (Phi) is 5.70. The normalized spacial score (nSPS) is 11.5. The molecule has 1 atom stereocenters. The lowest BCUT2D eigenvalue weighted by atomic mass is 9.90. The highest BCUT2D eigenvalue weighted by molar-refractivity contribution is 5.55. The van der Waals surface area contributed by atoms with Crippen molar-refractivity contribution in [1.82, 2.24) is 0 Å². The van der Waals surface area contributed by atoms with E-state index in [0.29, 0.717) is 23.7 Å². The molecule has 0 saturated heterocycles. The quantitative estimate of drug-likeness (QED) is 0.799. The summed E-state index contributed by atoms with van der Waals surface area (Å²) in [6.07, 6.45) is 0.642. The van der Waals surface area contributed by atoms with E-state index in [4.69, 9.17) is 14.2 Å². The van der Waals surface area contributed by atoms with Crippen LogP contribution in [-0.4, -0.2) is 21.3 Å². The van der Waals surface area contributed by atoms with Crippen molar-refractivity contribution in [2.75, 3.05) is 21.3 Å². The van der Waals surface area contributed by atoms with Gasteiger partial charge in [-0.2, -0.15) is 5.26 Å². The van der Waals surface area contributed by atoms with Crippen LogP contribution in [-0.2, 0) is 6.42 Å². The van der Waals surface area contributed by atoms with E-state index in [9.17, 15) is 5.26 Å². The van der Waals surface area contributed by atoms with E-state index in [-0.39, 0.29) is 5.92 Å². The number of benzene rings is 2. The first kappa shape index (κ1) is 17.7. The standard InChI is InChI=1S/C20H23NO3/c1-13-6-7-14(2)15(8-13)9-17(12-21)16-10-18(22-3)20(24-5)19(11-16)23-4/h6-8,10-11,17H,9H2,1-5H3. The van der Waals surface area contributed by atoms with E-state index in [1.165, 1.54) is 16.7 Å². The Labute approximate surface area is 143 Å². The van der Waals surface area contributed by atoms with Gasteiger partial charge in [0.05, 0.1) is 33.3 Å². The van der Waals surface area contributed by atoms with Gasteiger partial charge in [0.25, 0.3) is 0 Å². The molecule has 0 aromatic heterocycles. The lowest BCUT2D eigenvalue weighted by molar-refractivity contribution is 0.323. The first-order chi connectivity index (χ1) is 11.5. The molecule has 0 aliphatic carbocycles. The molecule has 2 aromatic carbocycles. The number of nitriles is 1. The third-order valence-corrected chi connectivity index (χ3v) is 4.17. The zero-order valence-corrected chi connectivity index (χ0v) is 14.8. The van der Waals surface area contributed by atoms with Gasteiger partial charge < -0.3 is 14.2 Å². The van der Waals surface area contributed by atoms with Gasteiger partial charge in [-0.1, -0.05) is 23.8 Å². The topological polar surface area (TPSA) is 51.5 Å². The zero-order valence-electron chi connectivity index (χ0n) is 14.8. The average Bonchev–Trinajstić information content (AvgIpc) is 2.60. The zero-order chi connectivity index (χ0) is 17.7. The minimum absolute atomic E-state index is 0.292. The van der Waals surface area contributed by atoms with E-state index in [1.807, 2.05) is 12.1 Å². The van der Waals surface area contributed by atoms with Crippen LogP contribution in [0.15, 0.2) is 30.3 Å². The Bertz CT molecular complexity index is 737. The van der Waals surface area contributed by atoms with Crippen molar-refractivity contribution in [3.8, 4) is 23.3 Å². The van der Waals surface area contributed by atoms with Gasteiger partial charge in [-0.15, -0.1) is 0 Å². The van der Waals surface area contributed by atoms with Crippen LogP contribution >= 0.6 is 0 Å². The fourth-order valence-electron chi connectivity index (χ4n) is 2.78. The maximum absolute atomic E-state index is 9.69. The van der Waals surface area contributed by atoms with Gasteiger partial charge in [0, 0.05) is 0 Å². The van der Waals surface area contributed by atoms with Crippen molar-refractivity contribution in [2.24, 2.45) is 0 Å². The number of rotatable bonds is 6. The third kappa shape index (κ3) is 3.62. The van der Waals surface area contributed by atoms with Gasteiger partial charge in [-0.05, 0) is 49.1 Å². The Morgan fingerprint density at radius 1 is 0.958 bits per heavy atom. The second-order valence-corrected chi connectivity index (χ2v) is 5.77. The van der Waals surface area contributed by atoms with E-state index < -0.39 is 0 Å². The predicted molar refractivity (Wildman–Crippen MR) is 94.1 cm³/mol. The SMILES string of the molecule is COc1cc(C(C#N)Cc2cc(C)ccc2C)cc(OC)c1OC. The molecule has 4 nitrogen and oxygen atoms in total. The Hall–Kier alpha value is -2.67. The molecule has 2 rings (SSSR count). The summed E-state index contributed by atoms with van der Waals surface area (Å²) in [7, 11) is 4.72. The van der Waals surface area contributed by atoms with E-state index in [1.54, 1.807) is 21.3 Å². The largest absolute Gasteiger partial charge is 0.493 e. The van der Waals surface area contributed by atoms with Gasteiger partial charge in [0.1, 0.15) is 0 Å². The van der Waals surface area contributed by atoms with Crippen LogP contribution in [0.5, 0.6) is 17.2 Å². The van der Waals surface area contributed by atoms with Crippen LogP contribution in [0.1, 0.15) is 28.2 Å². The number of aryl methyl sites for hydroxylation is 2. The summed E-state index contributed by atoms with van der Waals surface area (Å²) in [5.74, 6) is 1.37. The summed E-state index contributed by atoms with van der Waals surface area (Å²) in [5, 5.41) is 9.69. The molecule has 0 spiro atoms. The van der Waals surface area contributed by atoms with Crippen molar-refractivity contribution in [3.63, 3.8) is 0 Å². The first-order valence-electron chi connectivity index (χ1n) is 7.79. The van der Waals surface area contributed by atoms with Gasteiger partial charge >= 0.3 is 0 Å². The molecule has 0 fully saturated rings. The molecule has 0 radical (unpaired) electrons. The minimum atomic E-state index is -0.292. The number of hydrogen-bond donors (Lipinski definition) is 0. The van der Waals surface area contributed by atoms with Crippen LogP contribution in [0.2, 0.25) is 0 Å². The monoisotopic (exact) mass is 325 g/mol. The fourth-order valence-corrected chi connectivity index (χ4v) is 2.78. The van der Waals surface area contributed by atoms with E-state index in [0.717, 1.165) is 5.56 Å². The summed E-state index contributed by atoms with van der Waals surface area (Å²) in [6.45, 7) is 4.13. The highest BCUT2D eigenvalue weighted by atomic mass is 16.5. The smallest absolute Gasteiger partial charge is 0.203 e. The molecular formula is C20H23NO3. The summed E-state index contributed by atoms with van der Waals surface area (Å²) >= 11 is 0. The Balaban J connectivity index is 2.44. The maximum atomic E-state index is 9.69. The summed E-state index contributed by atoms with van der Waals surface area (Å²) < 4.78 is 16.1. The molecule has 0 N–H and O–H groups in total. The average molecular weight is 325 g/mol. The number of nitrogens with zero attached hydrogens (tertiary/aromatic N) is 1. The third-order valence-electron chi connectivity index (χ3n) is 4.17. The fraction of sp³-hybridized carbons (Fsp3) is 0.350. The first-order valence-corrected chi connectivity index (χ1v) is 7.79. The molecule has 2 aromatic rings. The van der Waals surface area contributed by atoms with Crippen molar-refractivity contribution in [3.05, 3.63) is 52.6 Å². The lowest BCUT2D eigenvalue weighted by Gasteiger charge is -2.17. The van der Waals surface area contributed by atoms with Crippen molar-refractivity contribution < 1.29 is 14.2 Å². The van der Waals surface area contributed by atoms with Crippen molar-refractivity contribution >= 4 is 0 Å². The van der Waals surface area contributed by atoms with E-state index in [2.05, 4.69) is 38.1 Å². The number of hydrogen-bond acceptors (Lipinski definition) is 4. The molecule has 1 unspecified atom stereocenters. The number of methoxy groups -OCH3 is 3. The molecule has 0 aliphatic heterocycles. The molecule has 0 saturated carbocycles. The maximum Gasteiger partial charge on any atom is 0.203 e. The van der Waals surface area contributed by atoms with Crippen molar-refractivity contribution in [1.29, 1.82) is 5.26 Å². The molecular weight excluding hydrogens is 302 g/mol. The number of ether oxygens (including phenoxy) is 3. The second kappa shape index (κ2) is 7.74. The van der Waals surface area contributed by atoms with Gasteiger partial charge in [-0.3, -0.25) is 0 Å². The lowest BCUT2D eigenvalue weighted by Crippen LogP contribution is -2.04. The van der Waals surface area contributed by atoms with Crippen LogP contribution in [0.3, 0.4) is 0 Å². The molecule has 0 heterocycles. The Morgan fingerprint density at radius 3 is 2.08 bits per heavy atom. The highest BCUT2D eigenvalue weighted by Gasteiger charge is 2.19. The van der Waals surface area contributed by atoms with E-state index >= 15 is 0 Å². The van der Waals surface area contributed by atoms with Crippen LogP contribution in [0.4, 0.5) is 0 Å². The molecule has 4 heteroatoms. The minimum Gasteiger partial charge on any atom is -0.493 e. The van der Waals surface area contributed by atoms with Gasteiger partial charge in [0.2, 0.25) is 5.75 Å². The summed E-state index contributed by atoms with van der Waals surface area (Å²) in [5.41, 5.74) is 4.41. The van der Waals surface area contributed by atoms with Crippen molar-refractivity contribution in [2.45, 2.75) is 26.2 Å². The highest BCUT2D eigenvalue weighted by Crippen LogP contribution is 2.40. The molecule has 0 amide bonds. The van der Waals surface area contributed by atoms with Crippen LogP contribution in [0.25, 0.3) is 0 Å². The van der Waals surface area contributed by atoms with Crippen LogP contribution < -0.4 is 14.2 Å². The van der Waals surface area contributed by atoms with Gasteiger partial charge in [0.15, 0.2) is 11.5 Å². The second-order valence-electron chi connectivity index (χ2n) is 5.77. The Morgan fingerprint density at radius 2 is 1.58 bits per heavy atom.